The van der Waals surface area contributed by atoms with Crippen LogP contribution in [0, 0.1) is 0 Å². The summed E-state index contributed by atoms with van der Waals surface area (Å²) in [7, 11) is 0. The minimum absolute atomic E-state index is 0.00621. The lowest BCUT2D eigenvalue weighted by Gasteiger charge is -2.33. The molecule has 2 aliphatic rings. The molecule has 3 heterocycles. The Hall–Kier alpha value is -2.18. The van der Waals surface area contributed by atoms with Gasteiger partial charge < -0.3 is 15.0 Å². The van der Waals surface area contributed by atoms with Crippen molar-refractivity contribution in [1.82, 2.24) is 20.4 Å². The Kier molecular flexibility index (Phi) is 3.98. The molecule has 0 bridgehead atoms. The van der Waals surface area contributed by atoms with E-state index in [2.05, 4.69) is 15.5 Å². The summed E-state index contributed by atoms with van der Waals surface area (Å²) in [5.74, 6) is 0.428. The molecule has 0 unspecified atom stereocenters. The van der Waals surface area contributed by atoms with Crippen LogP contribution in [0.25, 0.3) is 0 Å². The summed E-state index contributed by atoms with van der Waals surface area (Å²) in [5, 5.41) is 10.4. The molecule has 2 aliphatic heterocycles. The zero-order valence-electron chi connectivity index (χ0n) is 11.7. The lowest BCUT2D eigenvalue weighted by molar-refractivity contribution is -0.136. The topological polar surface area (TPSA) is 84.4 Å². The first-order valence-electron chi connectivity index (χ1n) is 7.25. The van der Waals surface area contributed by atoms with Gasteiger partial charge in [-0.25, -0.2) is 0 Å². The summed E-state index contributed by atoms with van der Waals surface area (Å²) in [6.07, 6.45) is 4.31. The van der Waals surface area contributed by atoms with E-state index >= 15 is 0 Å². The van der Waals surface area contributed by atoms with E-state index in [1.807, 2.05) is 0 Å². The third-order valence-corrected chi connectivity index (χ3v) is 3.82. The number of likely N-dealkylation sites (tertiary alicyclic amines) is 1. The molecule has 2 amide bonds. The molecule has 2 saturated heterocycles. The lowest BCUT2D eigenvalue weighted by atomic mass is 10.1. The fourth-order valence-corrected chi connectivity index (χ4v) is 2.78. The van der Waals surface area contributed by atoms with Gasteiger partial charge in [-0.15, -0.1) is 5.10 Å². The summed E-state index contributed by atoms with van der Waals surface area (Å²) in [6, 6.07) is 3.15. The van der Waals surface area contributed by atoms with E-state index in [4.69, 9.17) is 4.74 Å². The molecule has 0 radical (unpaired) electrons. The smallest absolute Gasteiger partial charge is 0.245 e. The second kappa shape index (κ2) is 6.07. The Balaban J connectivity index is 1.58. The number of carbonyl (C=O) groups excluding carboxylic acids is 2. The Morgan fingerprint density at radius 2 is 2.33 bits per heavy atom. The van der Waals surface area contributed by atoms with Crippen LogP contribution in [0.15, 0.2) is 18.3 Å². The third kappa shape index (κ3) is 3.29. The van der Waals surface area contributed by atoms with Crippen LogP contribution < -0.4 is 10.1 Å². The molecule has 0 saturated carbocycles. The maximum atomic E-state index is 12.4. The maximum absolute atomic E-state index is 12.4. The van der Waals surface area contributed by atoms with Gasteiger partial charge >= 0.3 is 0 Å². The van der Waals surface area contributed by atoms with Crippen molar-refractivity contribution >= 4 is 11.8 Å². The molecular formula is C14H18N4O3. The van der Waals surface area contributed by atoms with Crippen molar-refractivity contribution in [3.8, 4) is 5.88 Å². The summed E-state index contributed by atoms with van der Waals surface area (Å²) in [4.78, 5) is 25.4. The zero-order chi connectivity index (χ0) is 14.7. The molecule has 112 valence electrons. The number of carbonyl (C=O) groups is 2. The van der Waals surface area contributed by atoms with Gasteiger partial charge in [-0.3, -0.25) is 9.59 Å². The summed E-state index contributed by atoms with van der Waals surface area (Å²) < 4.78 is 5.76. The van der Waals surface area contributed by atoms with E-state index in [0.29, 0.717) is 31.8 Å². The van der Waals surface area contributed by atoms with Crippen LogP contribution in [0.1, 0.15) is 25.7 Å². The lowest BCUT2D eigenvalue weighted by Crippen LogP contribution is -2.50. The standard InChI is InChI=1S/C14H18N4O3/c19-12-6-5-11(16-12)14(20)18-8-2-3-10(9-18)21-13-4-1-7-15-17-13/h1,4,7,10-11H,2-3,5-6,8-9H2,(H,16,19)/t10-,11+/m0/s1. The van der Waals surface area contributed by atoms with Gasteiger partial charge in [0.05, 0.1) is 6.54 Å². The van der Waals surface area contributed by atoms with Crippen LogP contribution in [-0.4, -0.2) is 52.1 Å². The van der Waals surface area contributed by atoms with Crippen LogP contribution in [0.2, 0.25) is 0 Å². The largest absolute Gasteiger partial charge is 0.471 e. The first-order valence-corrected chi connectivity index (χ1v) is 7.25. The molecule has 0 aliphatic carbocycles. The monoisotopic (exact) mass is 290 g/mol. The molecule has 7 heteroatoms. The summed E-state index contributed by atoms with van der Waals surface area (Å²) in [5.41, 5.74) is 0. The Morgan fingerprint density at radius 3 is 3.05 bits per heavy atom. The fourth-order valence-electron chi connectivity index (χ4n) is 2.78. The molecule has 2 fully saturated rings. The quantitative estimate of drug-likeness (QED) is 0.855. The fraction of sp³-hybridized carbons (Fsp3) is 0.571. The van der Waals surface area contributed by atoms with Gasteiger partial charge in [0.1, 0.15) is 12.1 Å². The van der Waals surface area contributed by atoms with Gasteiger partial charge in [-0.2, -0.15) is 5.10 Å². The van der Waals surface area contributed by atoms with Crippen molar-refractivity contribution in [2.24, 2.45) is 0 Å². The SMILES string of the molecule is O=C1CC[C@H](C(=O)N2CCC[C@H](Oc3cccnn3)C2)N1. The first kappa shape index (κ1) is 13.8. The number of aromatic nitrogens is 2. The molecule has 1 aromatic rings. The van der Waals surface area contributed by atoms with Crippen LogP contribution in [0.3, 0.4) is 0 Å². The number of hydrogen-bond donors (Lipinski definition) is 1. The molecule has 1 aromatic heterocycles. The van der Waals surface area contributed by atoms with Crippen molar-refractivity contribution in [3.63, 3.8) is 0 Å². The molecule has 2 atom stereocenters. The van der Waals surface area contributed by atoms with Crippen LogP contribution in [-0.2, 0) is 9.59 Å². The average Bonchev–Trinajstić information content (AvgIpc) is 2.94. The molecule has 21 heavy (non-hydrogen) atoms. The highest BCUT2D eigenvalue weighted by molar-refractivity contribution is 5.90. The van der Waals surface area contributed by atoms with Gasteiger partial charge in [-0.05, 0) is 25.3 Å². The molecular weight excluding hydrogens is 272 g/mol. The number of nitrogens with zero attached hydrogens (tertiary/aromatic N) is 3. The van der Waals surface area contributed by atoms with E-state index in [9.17, 15) is 9.59 Å². The van der Waals surface area contributed by atoms with Crippen molar-refractivity contribution in [2.45, 2.75) is 37.8 Å². The molecule has 1 N–H and O–H groups in total. The number of rotatable bonds is 3. The van der Waals surface area contributed by atoms with Gasteiger partial charge in [0.15, 0.2) is 0 Å². The predicted octanol–water partition coefficient (Wildman–Crippen LogP) is 0.125. The van der Waals surface area contributed by atoms with Crippen molar-refractivity contribution in [3.05, 3.63) is 18.3 Å². The molecule has 0 spiro atoms. The highest BCUT2D eigenvalue weighted by Crippen LogP contribution is 2.18. The minimum atomic E-state index is -0.368. The maximum Gasteiger partial charge on any atom is 0.245 e. The van der Waals surface area contributed by atoms with Crippen molar-refractivity contribution in [2.75, 3.05) is 13.1 Å². The van der Waals surface area contributed by atoms with Crippen LogP contribution >= 0.6 is 0 Å². The number of hydrogen-bond acceptors (Lipinski definition) is 5. The minimum Gasteiger partial charge on any atom is -0.471 e. The number of ether oxygens (including phenoxy) is 1. The second-order valence-corrected chi connectivity index (χ2v) is 5.39. The normalized spacial score (nSPS) is 25.5. The van der Waals surface area contributed by atoms with E-state index in [1.54, 1.807) is 23.2 Å². The van der Waals surface area contributed by atoms with Crippen LogP contribution in [0.5, 0.6) is 5.88 Å². The highest BCUT2D eigenvalue weighted by Gasteiger charge is 2.33. The van der Waals surface area contributed by atoms with E-state index in [1.165, 1.54) is 0 Å². The average molecular weight is 290 g/mol. The van der Waals surface area contributed by atoms with E-state index in [-0.39, 0.29) is 24.0 Å². The van der Waals surface area contributed by atoms with Crippen molar-refractivity contribution in [1.29, 1.82) is 0 Å². The zero-order valence-corrected chi connectivity index (χ0v) is 11.7. The number of nitrogens with one attached hydrogen (secondary N) is 1. The summed E-state index contributed by atoms with van der Waals surface area (Å²) >= 11 is 0. The van der Waals surface area contributed by atoms with Gasteiger partial charge in [0.2, 0.25) is 17.7 Å². The van der Waals surface area contributed by atoms with Gasteiger partial charge in [0.25, 0.3) is 0 Å². The van der Waals surface area contributed by atoms with Crippen molar-refractivity contribution < 1.29 is 14.3 Å². The highest BCUT2D eigenvalue weighted by atomic mass is 16.5. The Labute approximate surface area is 122 Å². The third-order valence-electron chi connectivity index (χ3n) is 3.82. The van der Waals surface area contributed by atoms with E-state index in [0.717, 1.165) is 12.8 Å². The Bertz CT molecular complexity index is 522. The molecule has 0 aromatic carbocycles. The van der Waals surface area contributed by atoms with Gasteiger partial charge in [0, 0.05) is 25.2 Å². The molecule has 3 rings (SSSR count). The summed E-state index contributed by atoms with van der Waals surface area (Å²) in [6.45, 7) is 1.24. The van der Waals surface area contributed by atoms with E-state index < -0.39 is 0 Å². The number of piperidine rings is 1. The number of amides is 2. The van der Waals surface area contributed by atoms with Crippen LogP contribution in [0.4, 0.5) is 0 Å². The van der Waals surface area contributed by atoms with Gasteiger partial charge in [-0.1, -0.05) is 0 Å². The first-order chi connectivity index (χ1) is 10.2. The predicted molar refractivity (Wildman–Crippen MR) is 73.4 cm³/mol. The molecule has 7 nitrogen and oxygen atoms in total. The second-order valence-electron chi connectivity index (χ2n) is 5.39. The Morgan fingerprint density at radius 1 is 1.43 bits per heavy atom.